The molecule has 2 unspecified atom stereocenters. The quantitative estimate of drug-likeness (QED) is 0.0942. The fraction of sp³-hybridized carbons (Fsp3) is 0.375. The van der Waals surface area contributed by atoms with Crippen LogP contribution in [0.5, 0.6) is 0 Å². The van der Waals surface area contributed by atoms with Gasteiger partial charge in [0.05, 0.1) is 10.7 Å². The molecule has 0 spiro atoms. The van der Waals surface area contributed by atoms with Gasteiger partial charge in [-0.2, -0.15) is 8.42 Å². The van der Waals surface area contributed by atoms with Crippen molar-refractivity contribution in [3.05, 3.63) is 39.9 Å². The predicted octanol–water partition coefficient (Wildman–Crippen LogP) is -0.938. The van der Waals surface area contributed by atoms with Crippen molar-refractivity contribution in [1.29, 1.82) is 0 Å². The molecule has 1 aliphatic heterocycles. The van der Waals surface area contributed by atoms with E-state index in [1.807, 2.05) is 0 Å². The summed E-state index contributed by atoms with van der Waals surface area (Å²) in [5.41, 5.74) is 0.249. The van der Waals surface area contributed by atoms with Crippen molar-refractivity contribution < 1.29 is 41.8 Å². The van der Waals surface area contributed by atoms with Crippen molar-refractivity contribution in [3.8, 4) is 0 Å². The number of alkyl carbamates (subject to hydrolysis) is 1. The molecule has 2 heterocycles. The highest BCUT2D eigenvalue weighted by Gasteiger charge is 2.54. The van der Waals surface area contributed by atoms with E-state index in [0.29, 0.717) is 10.7 Å². The standard InChI is InChI=1S/C16H17N7O10S2/c1-21-15(18-19-20-21)34-8-12(24)32-7-11-13(14(25)22(11)35(29,30)31)17-16(26)33-6-9-2-4-10(5-3-9)23(27)28/h2-5,11,13H,6-8H2,1H3,(H,17,26)(H,29,30,31). The van der Waals surface area contributed by atoms with Crippen LogP contribution in [0.25, 0.3) is 0 Å². The van der Waals surface area contributed by atoms with Gasteiger partial charge in [0.25, 0.3) is 11.6 Å². The second-order valence-electron chi connectivity index (χ2n) is 6.86. The van der Waals surface area contributed by atoms with Crippen LogP contribution in [0.3, 0.4) is 0 Å². The van der Waals surface area contributed by atoms with Crippen LogP contribution in [0.1, 0.15) is 5.56 Å². The molecule has 188 valence electrons. The second-order valence-corrected chi connectivity index (χ2v) is 9.09. The van der Waals surface area contributed by atoms with Crippen LogP contribution >= 0.6 is 11.8 Å². The first kappa shape index (κ1) is 25.8. The Bertz CT molecular complexity index is 1230. The lowest BCUT2D eigenvalue weighted by molar-refractivity contribution is -0.384. The molecule has 17 nitrogen and oxygen atoms in total. The van der Waals surface area contributed by atoms with Crippen LogP contribution in [-0.4, -0.2) is 84.8 Å². The molecule has 1 aromatic carbocycles. The Labute approximate surface area is 200 Å². The monoisotopic (exact) mass is 531 g/mol. The Kier molecular flexibility index (Phi) is 7.82. The van der Waals surface area contributed by atoms with E-state index < -0.39 is 51.9 Å². The van der Waals surface area contributed by atoms with Gasteiger partial charge >= 0.3 is 22.4 Å². The molecule has 2 atom stereocenters. The van der Waals surface area contributed by atoms with Crippen molar-refractivity contribution in [2.75, 3.05) is 12.4 Å². The number of hydrogen-bond acceptors (Lipinski definition) is 13. The zero-order chi connectivity index (χ0) is 25.8. The summed E-state index contributed by atoms with van der Waals surface area (Å²) in [5.74, 6) is -2.21. The van der Waals surface area contributed by atoms with E-state index in [1.54, 1.807) is 7.05 Å². The largest absolute Gasteiger partial charge is 0.463 e. The first-order valence-corrected chi connectivity index (χ1v) is 11.8. The molecule has 1 fully saturated rings. The summed E-state index contributed by atoms with van der Waals surface area (Å²) in [7, 11) is -3.44. The molecule has 0 bridgehead atoms. The van der Waals surface area contributed by atoms with Gasteiger partial charge in [0.15, 0.2) is 0 Å². The average Bonchev–Trinajstić information content (AvgIpc) is 3.21. The smallest absolute Gasteiger partial charge is 0.408 e. The van der Waals surface area contributed by atoms with E-state index in [4.69, 9.17) is 9.47 Å². The van der Waals surface area contributed by atoms with E-state index in [0.717, 1.165) is 11.8 Å². The molecule has 1 saturated heterocycles. The van der Waals surface area contributed by atoms with Gasteiger partial charge in [-0.25, -0.2) is 13.8 Å². The maximum Gasteiger partial charge on any atom is 0.408 e. The van der Waals surface area contributed by atoms with Gasteiger partial charge in [0.2, 0.25) is 5.16 Å². The van der Waals surface area contributed by atoms with Crippen LogP contribution in [-0.2, 0) is 43.0 Å². The van der Waals surface area contributed by atoms with Gasteiger partial charge in [-0.05, 0) is 28.1 Å². The number of rotatable bonds is 10. The van der Waals surface area contributed by atoms with Crippen LogP contribution in [0, 0.1) is 10.1 Å². The third-order valence-electron chi connectivity index (χ3n) is 4.52. The highest BCUT2D eigenvalue weighted by Crippen LogP contribution is 2.24. The van der Waals surface area contributed by atoms with Crippen molar-refractivity contribution in [3.63, 3.8) is 0 Å². The van der Waals surface area contributed by atoms with E-state index >= 15 is 0 Å². The molecule has 35 heavy (non-hydrogen) atoms. The number of nitro groups is 1. The fourth-order valence-electron chi connectivity index (χ4n) is 2.84. The molecule has 0 radical (unpaired) electrons. The number of nitrogens with zero attached hydrogens (tertiary/aromatic N) is 6. The molecule has 0 aliphatic carbocycles. The van der Waals surface area contributed by atoms with E-state index in [2.05, 4.69) is 20.8 Å². The zero-order valence-electron chi connectivity index (χ0n) is 17.7. The summed E-state index contributed by atoms with van der Waals surface area (Å²) in [5, 5.41) is 23.8. The molecule has 0 saturated carbocycles. The van der Waals surface area contributed by atoms with Gasteiger partial charge in [0.1, 0.15) is 25.3 Å². The van der Waals surface area contributed by atoms with Crippen LogP contribution in [0.15, 0.2) is 29.4 Å². The summed E-state index contributed by atoms with van der Waals surface area (Å²) >= 11 is 0.941. The molecule has 2 N–H and O–H groups in total. The molecule has 2 aromatic rings. The number of amides is 2. The summed E-state index contributed by atoms with van der Waals surface area (Å²) in [6.45, 7) is -0.962. The molecule has 1 aromatic heterocycles. The van der Waals surface area contributed by atoms with Crippen LogP contribution in [0.2, 0.25) is 0 Å². The second kappa shape index (κ2) is 10.6. The SMILES string of the molecule is Cn1nnnc1SCC(=O)OCC1C(NC(=O)OCc2ccc([N+](=O)[O-])cc2)C(=O)N1S(=O)(=O)O. The van der Waals surface area contributed by atoms with Crippen molar-refractivity contribution in [2.45, 2.75) is 23.8 Å². The van der Waals surface area contributed by atoms with E-state index in [-0.39, 0.29) is 22.4 Å². The number of carbonyl (C=O) groups is 3. The number of nitrogens with one attached hydrogen (secondary N) is 1. The summed E-state index contributed by atoms with van der Waals surface area (Å²) in [4.78, 5) is 46.3. The van der Waals surface area contributed by atoms with Crippen LogP contribution in [0.4, 0.5) is 10.5 Å². The lowest BCUT2D eigenvalue weighted by Gasteiger charge is -2.43. The Balaban J connectivity index is 1.54. The topological polar surface area (TPSA) is 226 Å². The van der Waals surface area contributed by atoms with Crippen LogP contribution < -0.4 is 5.32 Å². The lowest BCUT2D eigenvalue weighted by atomic mass is 10.00. The Morgan fingerprint density at radius 3 is 2.54 bits per heavy atom. The number of benzene rings is 1. The molecular weight excluding hydrogens is 514 g/mol. The fourth-order valence-corrected chi connectivity index (χ4v) is 4.36. The normalized spacial score (nSPS) is 17.4. The van der Waals surface area contributed by atoms with Gasteiger partial charge in [-0.3, -0.25) is 24.3 Å². The van der Waals surface area contributed by atoms with Gasteiger partial charge in [-0.15, -0.1) is 5.10 Å². The predicted molar refractivity (Wildman–Crippen MR) is 113 cm³/mol. The Hall–Kier alpha value is -3.84. The minimum absolute atomic E-state index is 0.0707. The maximum atomic E-state index is 12.2. The maximum absolute atomic E-state index is 12.2. The summed E-state index contributed by atoms with van der Waals surface area (Å²) in [6.07, 6.45) is -1.11. The molecular formula is C16H17N7O10S2. The van der Waals surface area contributed by atoms with E-state index in [9.17, 15) is 37.5 Å². The number of ether oxygens (including phenoxy) is 2. The van der Waals surface area contributed by atoms with Crippen molar-refractivity contribution in [2.24, 2.45) is 7.05 Å². The number of non-ortho nitro benzene ring substituents is 1. The lowest BCUT2D eigenvalue weighted by Crippen LogP contribution is -2.73. The highest BCUT2D eigenvalue weighted by atomic mass is 32.2. The number of carbonyl (C=O) groups excluding carboxylic acids is 3. The highest BCUT2D eigenvalue weighted by molar-refractivity contribution is 7.99. The van der Waals surface area contributed by atoms with E-state index in [1.165, 1.54) is 28.9 Å². The molecule has 2 amide bonds. The molecule has 19 heteroatoms. The number of aryl methyl sites for hydroxylation is 1. The Morgan fingerprint density at radius 1 is 1.29 bits per heavy atom. The molecule has 3 rings (SSSR count). The number of thioether (sulfide) groups is 1. The van der Waals surface area contributed by atoms with Crippen molar-refractivity contribution in [1.82, 2.24) is 29.8 Å². The number of tetrazole rings is 1. The summed E-state index contributed by atoms with van der Waals surface area (Å²) in [6, 6.07) is 2.24. The zero-order valence-corrected chi connectivity index (χ0v) is 19.3. The third-order valence-corrected chi connectivity index (χ3v) is 6.46. The minimum atomic E-state index is -4.99. The van der Waals surface area contributed by atoms with Gasteiger partial charge < -0.3 is 14.8 Å². The first-order valence-electron chi connectivity index (χ1n) is 9.45. The number of esters is 1. The third kappa shape index (κ3) is 6.39. The first-order chi connectivity index (χ1) is 16.5. The summed E-state index contributed by atoms with van der Waals surface area (Å²) < 4.78 is 43.6. The van der Waals surface area contributed by atoms with Gasteiger partial charge in [-0.1, -0.05) is 11.8 Å². The average molecular weight is 531 g/mol. The Morgan fingerprint density at radius 2 is 1.97 bits per heavy atom. The molecule has 1 aliphatic rings. The van der Waals surface area contributed by atoms with Crippen molar-refractivity contribution >= 4 is 45.7 Å². The number of aromatic nitrogens is 4. The number of hydrogen-bond donors (Lipinski definition) is 2. The van der Waals surface area contributed by atoms with Gasteiger partial charge in [0, 0.05) is 19.2 Å². The minimum Gasteiger partial charge on any atom is -0.463 e. The number of β-lactam (4-membered cyclic amide) rings is 1. The number of nitro benzene ring substituents is 1.